The van der Waals surface area contributed by atoms with Gasteiger partial charge in [-0.2, -0.15) is 0 Å². The molecule has 6 N–H and O–H groups in total. The Hall–Kier alpha value is -0.650. The van der Waals surface area contributed by atoms with Crippen molar-refractivity contribution in [2.24, 2.45) is 5.92 Å². The molecule has 0 rings (SSSR count). The van der Waals surface area contributed by atoms with E-state index in [1.54, 1.807) is 0 Å². The van der Waals surface area contributed by atoms with E-state index >= 15 is 0 Å². The molecule has 0 aliphatic heterocycles. The van der Waals surface area contributed by atoms with Crippen LogP contribution in [0.3, 0.4) is 0 Å². The second-order valence-corrected chi connectivity index (χ2v) is 5.36. The number of carbonyl (C=O) groups excluding carboxylic acids is 1. The summed E-state index contributed by atoms with van der Waals surface area (Å²) in [5.41, 5.74) is 3.81. The first-order valence-electron chi connectivity index (χ1n) is 7.64. The molecule has 0 radical (unpaired) electrons. The van der Waals surface area contributed by atoms with Gasteiger partial charge in [0.05, 0.1) is 6.54 Å². The highest BCUT2D eigenvalue weighted by Crippen LogP contribution is 1.97. The fraction of sp³-hybridized carbons (Fsp3) is 0.929. The summed E-state index contributed by atoms with van der Waals surface area (Å²) in [5, 5.41) is 9.71. The van der Waals surface area contributed by atoms with Crippen molar-refractivity contribution in [1.29, 1.82) is 0 Å². The molecule has 1 amide bonds. The molecule has 0 atom stereocenters. The third-order valence-electron chi connectivity index (χ3n) is 2.76. The summed E-state index contributed by atoms with van der Waals surface area (Å²) >= 11 is 0. The lowest BCUT2D eigenvalue weighted by atomic mass is 10.1. The summed E-state index contributed by atoms with van der Waals surface area (Å²) in [5.74, 6) is 0.610. The number of amides is 1. The lowest BCUT2D eigenvalue weighted by molar-refractivity contribution is -0.367. The van der Waals surface area contributed by atoms with Gasteiger partial charge < -0.3 is 21.7 Å². The van der Waals surface area contributed by atoms with Gasteiger partial charge in [-0.25, -0.2) is 0 Å². The van der Waals surface area contributed by atoms with Crippen LogP contribution in [0, 0.1) is 5.92 Å². The Morgan fingerprint density at radius 2 is 1.47 bits per heavy atom. The van der Waals surface area contributed by atoms with E-state index in [0.29, 0.717) is 12.3 Å². The summed E-state index contributed by atoms with van der Waals surface area (Å²) in [7, 11) is 0. The monoisotopic (exact) mass is 273 g/mol. The zero-order valence-electron chi connectivity index (χ0n) is 12.8. The van der Waals surface area contributed by atoms with E-state index in [0.717, 1.165) is 58.5 Å². The average molecular weight is 273 g/mol. The molecule has 5 heteroatoms. The van der Waals surface area contributed by atoms with Crippen LogP contribution < -0.4 is 21.7 Å². The molecule has 0 saturated carbocycles. The maximum absolute atomic E-state index is 11.4. The second-order valence-electron chi connectivity index (χ2n) is 5.36. The Morgan fingerprint density at radius 1 is 0.947 bits per heavy atom. The highest BCUT2D eigenvalue weighted by atomic mass is 16.1. The molecular formula is C14H33N4O+. The highest BCUT2D eigenvalue weighted by molar-refractivity contribution is 5.75. The molecular weight excluding hydrogens is 240 g/mol. The van der Waals surface area contributed by atoms with Gasteiger partial charge in [-0.05, 0) is 38.4 Å². The van der Waals surface area contributed by atoms with Crippen LogP contribution in [0.4, 0.5) is 0 Å². The third kappa shape index (κ3) is 15.3. The smallest absolute Gasteiger partial charge is 0.220 e. The van der Waals surface area contributed by atoms with Crippen LogP contribution in [0.5, 0.6) is 0 Å². The first-order chi connectivity index (χ1) is 9.16. The predicted octanol–water partition coefficient (Wildman–Crippen LogP) is -0.260. The van der Waals surface area contributed by atoms with Gasteiger partial charge in [0.2, 0.25) is 5.91 Å². The number of hydrogen-bond donors (Lipinski definition) is 4. The highest BCUT2D eigenvalue weighted by Gasteiger charge is 2.02. The molecule has 19 heavy (non-hydrogen) atoms. The number of nitrogens with one attached hydrogen (secondary N) is 3. The molecule has 0 aromatic carbocycles. The Bertz CT molecular complexity index is 210. The first-order valence-corrected chi connectivity index (χ1v) is 7.64. The molecule has 0 aromatic rings. The molecule has 0 heterocycles. The summed E-state index contributed by atoms with van der Waals surface area (Å²) < 4.78 is 0. The normalized spacial score (nSPS) is 10.9. The number of rotatable bonds is 13. The standard InChI is InChI=1S/C14H32N4O/c1-13(2)12-14(19)18-11-5-10-17-9-4-8-16-7-3-6-15/h13,16-17H,3-12,15H2,1-2H3,(H,18,19)/p+1. The van der Waals surface area contributed by atoms with E-state index in [1.807, 2.05) is 0 Å². The first kappa shape index (κ1) is 18.4. The van der Waals surface area contributed by atoms with Gasteiger partial charge in [-0.1, -0.05) is 13.8 Å². The van der Waals surface area contributed by atoms with Crippen molar-refractivity contribution in [1.82, 2.24) is 16.0 Å². The molecule has 5 nitrogen and oxygen atoms in total. The Morgan fingerprint density at radius 3 is 2.00 bits per heavy atom. The summed E-state index contributed by atoms with van der Waals surface area (Å²) in [4.78, 5) is 11.4. The van der Waals surface area contributed by atoms with Crippen LogP contribution in [-0.4, -0.2) is 45.2 Å². The van der Waals surface area contributed by atoms with Crippen molar-refractivity contribution in [2.75, 3.05) is 39.3 Å². The number of quaternary nitrogens is 1. The van der Waals surface area contributed by atoms with Crippen molar-refractivity contribution in [3.8, 4) is 0 Å². The topological polar surface area (TPSA) is 80.8 Å². The maximum Gasteiger partial charge on any atom is 0.220 e. The van der Waals surface area contributed by atoms with Crippen LogP contribution in [0.25, 0.3) is 0 Å². The summed E-state index contributed by atoms with van der Waals surface area (Å²) in [6.07, 6.45) is 3.94. The molecule has 0 unspecified atom stereocenters. The van der Waals surface area contributed by atoms with Gasteiger partial charge in [0.1, 0.15) is 0 Å². The molecule has 114 valence electrons. The summed E-state index contributed by atoms with van der Waals surface area (Å²) in [6, 6.07) is 0. The molecule has 0 aromatic heterocycles. The molecule has 0 aliphatic rings. The number of hydrogen-bond acceptors (Lipinski definition) is 3. The van der Waals surface area contributed by atoms with Gasteiger partial charge in [0.25, 0.3) is 0 Å². The van der Waals surface area contributed by atoms with E-state index in [2.05, 4.69) is 35.5 Å². The quantitative estimate of drug-likeness (QED) is 0.349. The zero-order valence-corrected chi connectivity index (χ0v) is 12.8. The van der Waals surface area contributed by atoms with Crippen LogP contribution in [0.1, 0.15) is 39.5 Å². The second kappa shape index (κ2) is 13.8. The van der Waals surface area contributed by atoms with E-state index in [1.165, 1.54) is 0 Å². The fourth-order valence-corrected chi connectivity index (χ4v) is 1.72. The summed E-state index contributed by atoms with van der Waals surface area (Å²) in [6.45, 7) is 10.1. The maximum atomic E-state index is 11.4. The van der Waals surface area contributed by atoms with Gasteiger partial charge in [-0.3, -0.25) is 4.79 Å². The fourth-order valence-electron chi connectivity index (χ4n) is 1.72. The SMILES string of the molecule is CC(C)CC(=O)NCCCNCCCNCCC[NH3+]. The van der Waals surface area contributed by atoms with Crippen LogP contribution >= 0.6 is 0 Å². The van der Waals surface area contributed by atoms with Crippen molar-refractivity contribution < 1.29 is 10.5 Å². The van der Waals surface area contributed by atoms with E-state index in [-0.39, 0.29) is 5.91 Å². The van der Waals surface area contributed by atoms with Crippen molar-refractivity contribution >= 4 is 5.91 Å². The minimum Gasteiger partial charge on any atom is -0.358 e. The molecule has 0 aliphatic carbocycles. The molecule has 0 saturated heterocycles. The van der Waals surface area contributed by atoms with E-state index < -0.39 is 0 Å². The Labute approximate surface area is 118 Å². The van der Waals surface area contributed by atoms with Crippen LogP contribution in [0.2, 0.25) is 0 Å². The lowest BCUT2D eigenvalue weighted by Crippen LogP contribution is -2.51. The molecule has 0 fully saturated rings. The third-order valence-corrected chi connectivity index (χ3v) is 2.76. The van der Waals surface area contributed by atoms with Crippen molar-refractivity contribution in [3.05, 3.63) is 0 Å². The average Bonchev–Trinajstić information content (AvgIpc) is 2.35. The largest absolute Gasteiger partial charge is 0.358 e. The van der Waals surface area contributed by atoms with Crippen molar-refractivity contribution in [3.63, 3.8) is 0 Å². The molecule has 0 spiro atoms. The minimum absolute atomic E-state index is 0.171. The van der Waals surface area contributed by atoms with Gasteiger partial charge in [0.15, 0.2) is 0 Å². The van der Waals surface area contributed by atoms with Gasteiger partial charge >= 0.3 is 0 Å². The Kier molecular flexibility index (Phi) is 13.3. The van der Waals surface area contributed by atoms with Crippen LogP contribution in [-0.2, 0) is 4.79 Å². The van der Waals surface area contributed by atoms with E-state index in [9.17, 15) is 4.79 Å². The predicted molar refractivity (Wildman–Crippen MR) is 79.8 cm³/mol. The van der Waals surface area contributed by atoms with E-state index in [4.69, 9.17) is 0 Å². The number of carbonyl (C=O) groups is 1. The Balaban J connectivity index is 3.08. The van der Waals surface area contributed by atoms with Crippen LogP contribution in [0.15, 0.2) is 0 Å². The van der Waals surface area contributed by atoms with Gasteiger partial charge in [0, 0.05) is 25.9 Å². The lowest BCUT2D eigenvalue weighted by Gasteiger charge is -2.08. The zero-order chi connectivity index (χ0) is 14.3. The van der Waals surface area contributed by atoms with Gasteiger partial charge in [-0.15, -0.1) is 0 Å². The minimum atomic E-state index is 0.171. The molecule has 0 bridgehead atoms. The van der Waals surface area contributed by atoms with Crippen molar-refractivity contribution in [2.45, 2.75) is 39.5 Å².